The number of nitrogens with zero attached hydrogens (tertiary/aromatic N) is 3. The van der Waals surface area contributed by atoms with Gasteiger partial charge in [0.05, 0.1) is 11.0 Å². The molecule has 2 heterocycles. The molecule has 3 aromatic rings. The van der Waals surface area contributed by atoms with Crippen LogP contribution in [0.15, 0.2) is 48.8 Å². The van der Waals surface area contributed by atoms with Crippen LogP contribution < -0.4 is 0 Å². The van der Waals surface area contributed by atoms with Crippen LogP contribution >= 0.6 is 0 Å². The first-order valence-electron chi connectivity index (χ1n) is 11.7. The van der Waals surface area contributed by atoms with Crippen LogP contribution in [0, 0.1) is 11.6 Å². The topological polar surface area (TPSA) is 99.2 Å². The highest BCUT2D eigenvalue weighted by Gasteiger charge is 2.56. The molecule has 2 atom stereocenters. The molecule has 0 radical (unpaired) electrons. The molecule has 0 spiro atoms. The van der Waals surface area contributed by atoms with Gasteiger partial charge in [0.1, 0.15) is 29.0 Å². The zero-order chi connectivity index (χ0) is 25.0. The van der Waals surface area contributed by atoms with Crippen molar-refractivity contribution < 1.29 is 22.3 Å². The minimum Gasteiger partial charge on any atom is -0.390 e. The molecule has 10 heteroatoms. The van der Waals surface area contributed by atoms with E-state index >= 15 is 8.78 Å². The molecule has 2 N–H and O–H groups in total. The van der Waals surface area contributed by atoms with Gasteiger partial charge >= 0.3 is 0 Å². The fourth-order valence-corrected chi connectivity index (χ4v) is 7.96. The maximum Gasteiger partial charge on any atom is 0.221 e. The minimum atomic E-state index is -3.79. The summed E-state index contributed by atoms with van der Waals surface area (Å²) in [7, 11) is -3.79. The number of aromatic nitrogens is 3. The number of nitrogens with one attached hydrogen (secondary N) is 1. The lowest BCUT2D eigenvalue weighted by molar-refractivity contribution is -0.0648. The zero-order valence-electron chi connectivity index (χ0n) is 19.6. The summed E-state index contributed by atoms with van der Waals surface area (Å²) in [5.41, 5.74) is -1.35. The summed E-state index contributed by atoms with van der Waals surface area (Å²) in [6, 6.07) is 10.8. The smallest absolute Gasteiger partial charge is 0.221 e. The fourth-order valence-electron chi connectivity index (χ4n) is 5.77. The monoisotopic (exact) mass is 502 g/mol. The molecule has 2 aliphatic rings. The summed E-state index contributed by atoms with van der Waals surface area (Å²) in [6.07, 6.45) is 2.75. The van der Waals surface area contributed by atoms with Gasteiger partial charge in [-0.15, -0.1) is 10.2 Å². The number of H-pyrrole nitrogens is 1. The Bertz CT molecular complexity index is 1320. The van der Waals surface area contributed by atoms with Gasteiger partial charge in [0.2, 0.25) is 10.0 Å². The van der Waals surface area contributed by atoms with E-state index in [1.807, 2.05) is 6.07 Å². The van der Waals surface area contributed by atoms with Crippen LogP contribution in [0.4, 0.5) is 8.78 Å². The molecule has 1 aromatic heterocycles. The Kier molecular flexibility index (Phi) is 5.81. The van der Waals surface area contributed by atoms with Gasteiger partial charge in [-0.25, -0.2) is 17.2 Å². The standard InChI is InChI=1S/C25H28F2N4O3S/c1-16-8-9-22(17-6-4-3-5-7-17)35(33,34)31(16)12-18-10-21(27)19(11-20(18)26)25(13-24(2,32)14-25)23-28-15-29-30-23/h3-7,10-11,15-16,22,32H,8-9,12-14H2,1-2H3,(H,28,29,30)/t16-,22+,24-,25-/m0/s1. The molecule has 1 saturated heterocycles. The molecular weight excluding hydrogens is 474 g/mol. The molecule has 2 aromatic carbocycles. The Morgan fingerprint density at radius 1 is 1.14 bits per heavy atom. The van der Waals surface area contributed by atoms with Gasteiger partial charge < -0.3 is 10.1 Å². The highest BCUT2D eigenvalue weighted by Crippen LogP contribution is 2.54. The summed E-state index contributed by atoms with van der Waals surface area (Å²) < 4.78 is 59.2. The summed E-state index contributed by atoms with van der Waals surface area (Å²) in [6.45, 7) is 3.16. The van der Waals surface area contributed by atoms with E-state index < -0.39 is 37.9 Å². The van der Waals surface area contributed by atoms with E-state index in [2.05, 4.69) is 15.2 Å². The molecule has 0 amide bonds. The van der Waals surface area contributed by atoms with Gasteiger partial charge in [-0.05, 0) is 57.2 Å². The number of hydrogen-bond donors (Lipinski definition) is 2. The van der Waals surface area contributed by atoms with E-state index in [1.54, 1.807) is 38.1 Å². The Labute approximate surface area is 203 Å². The van der Waals surface area contributed by atoms with E-state index in [1.165, 1.54) is 10.6 Å². The van der Waals surface area contributed by atoms with Crippen LogP contribution in [0.2, 0.25) is 0 Å². The summed E-state index contributed by atoms with van der Waals surface area (Å²) >= 11 is 0. The van der Waals surface area contributed by atoms with Gasteiger partial charge in [0.25, 0.3) is 0 Å². The molecule has 1 saturated carbocycles. The molecule has 5 rings (SSSR count). The first kappa shape index (κ1) is 24.0. The van der Waals surface area contributed by atoms with Crippen LogP contribution in [0.1, 0.15) is 67.3 Å². The summed E-state index contributed by atoms with van der Waals surface area (Å²) in [5.74, 6) is -1.01. The third kappa shape index (κ3) is 4.07. The minimum absolute atomic E-state index is 0.0332. The first-order valence-corrected chi connectivity index (χ1v) is 13.2. The maximum absolute atomic E-state index is 15.5. The molecule has 0 unspecified atom stereocenters. The average Bonchev–Trinajstić information content (AvgIpc) is 3.32. The third-order valence-corrected chi connectivity index (χ3v) is 9.78. The lowest BCUT2D eigenvalue weighted by Crippen LogP contribution is -2.54. The largest absolute Gasteiger partial charge is 0.390 e. The van der Waals surface area contributed by atoms with Crippen LogP contribution in [0.5, 0.6) is 0 Å². The Hall–Kier alpha value is -2.69. The van der Waals surface area contributed by atoms with Crippen molar-refractivity contribution in [3.63, 3.8) is 0 Å². The van der Waals surface area contributed by atoms with Crippen LogP contribution in [0.25, 0.3) is 0 Å². The second kappa shape index (κ2) is 8.46. The SMILES string of the molecule is C[C@H]1CC[C@H](c2ccccc2)S(=O)(=O)N1Cc1cc(F)c([C@]2(c3nnc[nH]3)C[C@](C)(O)C2)cc1F. The number of aliphatic hydroxyl groups is 1. The molecule has 0 bridgehead atoms. The quantitative estimate of drug-likeness (QED) is 0.550. The second-order valence-corrected chi connectivity index (χ2v) is 12.2. The van der Waals surface area contributed by atoms with Crippen molar-refractivity contribution >= 4 is 10.0 Å². The van der Waals surface area contributed by atoms with Crippen molar-refractivity contribution in [3.8, 4) is 0 Å². The molecule has 35 heavy (non-hydrogen) atoms. The van der Waals surface area contributed by atoms with E-state index in [9.17, 15) is 13.5 Å². The highest BCUT2D eigenvalue weighted by molar-refractivity contribution is 7.89. The van der Waals surface area contributed by atoms with Gasteiger partial charge in [-0.1, -0.05) is 30.3 Å². The molecule has 186 valence electrons. The van der Waals surface area contributed by atoms with Gasteiger partial charge in [-0.3, -0.25) is 0 Å². The van der Waals surface area contributed by atoms with Gasteiger partial charge in [0, 0.05) is 23.7 Å². The van der Waals surface area contributed by atoms with E-state index in [0.717, 1.165) is 12.1 Å². The molecule has 1 aliphatic heterocycles. The molecular formula is C25H28F2N4O3S. The third-order valence-electron chi connectivity index (χ3n) is 7.41. The van der Waals surface area contributed by atoms with Crippen molar-refractivity contribution in [1.29, 1.82) is 0 Å². The summed E-state index contributed by atoms with van der Waals surface area (Å²) in [5, 5.41) is 17.5. The van der Waals surface area contributed by atoms with Crippen LogP contribution in [-0.4, -0.2) is 44.7 Å². The van der Waals surface area contributed by atoms with Crippen molar-refractivity contribution in [3.05, 3.63) is 82.9 Å². The second-order valence-electron chi connectivity index (χ2n) is 10.1. The van der Waals surface area contributed by atoms with Crippen LogP contribution in [-0.2, 0) is 22.0 Å². The first-order chi connectivity index (χ1) is 16.5. The number of aromatic amines is 1. The highest BCUT2D eigenvalue weighted by atomic mass is 32.2. The van der Waals surface area contributed by atoms with Crippen molar-refractivity contribution in [2.75, 3.05) is 0 Å². The Morgan fingerprint density at radius 3 is 2.49 bits per heavy atom. The van der Waals surface area contributed by atoms with E-state index in [0.29, 0.717) is 24.2 Å². The van der Waals surface area contributed by atoms with E-state index in [4.69, 9.17) is 0 Å². The lowest BCUT2D eigenvalue weighted by Gasteiger charge is -2.50. The Balaban J connectivity index is 1.48. The zero-order valence-corrected chi connectivity index (χ0v) is 20.4. The predicted molar refractivity (Wildman–Crippen MR) is 126 cm³/mol. The predicted octanol–water partition coefficient (Wildman–Crippen LogP) is 3.97. The maximum atomic E-state index is 15.5. The number of hydrogen-bond acceptors (Lipinski definition) is 5. The number of halogens is 2. The van der Waals surface area contributed by atoms with Crippen molar-refractivity contribution in [2.45, 2.75) is 68.4 Å². The molecule has 2 fully saturated rings. The number of sulfonamides is 1. The molecule has 7 nitrogen and oxygen atoms in total. The normalized spacial score (nSPS) is 30.7. The fraction of sp³-hybridized carbons (Fsp3) is 0.440. The van der Waals surface area contributed by atoms with Gasteiger partial charge in [-0.2, -0.15) is 4.31 Å². The Morgan fingerprint density at radius 2 is 1.86 bits per heavy atom. The summed E-state index contributed by atoms with van der Waals surface area (Å²) in [4.78, 5) is 2.87. The van der Waals surface area contributed by atoms with Crippen molar-refractivity contribution in [1.82, 2.24) is 19.5 Å². The lowest BCUT2D eigenvalue weighted by atomic mass is 9.56. The molecule has 1 aliphatic carbocycles. The number of benzene rings is 2. The van der Waals surface area contributed by atoms with Crippen molar-refractivity contribution in [2.24, 2.45) is 0 Å². The van der Waals surface area contributed by atoms with Crippen LogP contribution in [0.3, 0.4) is 0 Å². The number of rotatable bonds is 5. The van der Waals surface area contributed by atoms with Gasteiger partial charge in [0.15, 0.2) is 0 Å². The van der Waals surface area contributed by atoms with E-state index in [-0.39, 0.29) is 36.6 Å². The average molecular weight is 503 g/mol.